The Kier molecular flexibility index (Phi) is 9.75. The molecule has 294 valence electrons. The first kappa shape index (κ1) is 38.1. The lowest BCUT2D eigenvalue weighted by Crippen LogP contribution is -2.36. The normalized spacial score (nSPS) is 33.6. The lowest BCUT2D eigenvalue weighted by molar-refractivity contribution is -0.161. The average Bonchev–Trinajstić information content (AvgIpc) is 3.83. The number of hydrogen-bond donors (Lipinski definition) is 6. The highest BCUT2D eigenvalue weighted by Crippen LogP contribution is 2.56. The van der Waals surface area contributed by atoms with Crippen LogP contribution in [-0.2, 0) is 50.8 Å². The maximum Gasteiger partial charge on any atom is 0.478 e. The maximum absolute atomic E-state index is 16.3. The first-order chi connectivity index (χ1) is 25.3. The molecule has 3 fully saturated rings. The average molecular weight is 807 g/mol. The van der Waals surface area contributed by atoms with Crippen molar-refractivity contribution in [3.8, 4) is 0 Å². The molecule has 0 saturated carbocycles. The molecule has 7 rings (SSSR count). The molecule has 10 atom stereocenters. The number of phosphoric acid groups is 2. The number of phosphoric ester groups is 2. The lowest BCUT2D eigenvalue weighted by atomic mass is 9.98. The van der Waals surface area contributed by atoms with Crippen molar-refractivity contribution in [3.05, 3.63) is 33.4 Å². The summed E-state index contributed by atoms with van der Waals surface area (Å²) in [5.74, 6) is -1.45. The molecule has 0 radical (unpaired) electrons. The first-order valence-electron chi connectivity index (χ1n) is 15.8. The standard InChI is InChI=1S/C26H33FN10O15P2/c1-26(2,3)23(41)45-8-48-54(44)47-5-10-15(11(27)21(50-10)36-6-30-12-17(36)32-24(28)34-19(12)39)51-53(42,43)46-4-9-14(38)16(52-54)22(49-9)37-7-31-13-18(37)33-25(29)35-20(13)40/h6-7,9-11,14-16,21-22,38H,4-5,8H2,1-3H3,(H,42,43)(H3,28,32,34,39)(H3,29,33,35,40)/t9-,10-,11+,14?,15?,16+,21-,22-,54?/m1/s1. The molecule has 4 unspecified atom stereocenters. The van der Waals surface area contributed by atoms with Crippen molar-refractivity contribution in [2.75, 3.05) is 31.5 Å². The van der Waals surface area contributed by atoms with E-state index in [0.29, 0.717) is 0 Å². The van der Waals surface area contributed by atoms with Crippen LogP contribution in [0.5, 0.6) is 0 Å². The first-order valence-corrected chi connectivity index (χ1v) is 18.8. The summed E-state index contributed by atoms with van der Waals surface area (Å²) >= 11 is 0. The van der Waals surface area contributed by atoms with Crippen LogP contribution < -0.4 is 22.6 Å². The zero-order valence-corrected chi connectivity index (χ0v) is 30.0. The highest BCUT2D eigenvalue weighted by atomic mass is 31.2. The highest BCUT2D eigenvalue weighted by molar-refractivity contribution is 7.48. The van der Waals surface area contributed by atoms with E-state index in [0.717, 1.165) is 21.8 Å². The Hall–Kier alpha value is -4.20. The minimum Gasteiger partial charge on any atom is -0.437 e. The van der Waals surface area contributed by atoms with E-state index in [-0.39, 0.29) is 34.2 Å². The molecule has 3 aliphatic rings. The van der Waals surface area contributed by atoms with Gasteiger partial charge in [-0.2, -0.15) is 9.97 Å². The Labute approximate surface area is 300 Å². The number of aromatic amines is 2. The molecule has 3 aliphatic heterocycles. The number of esters is 1. The second-order valence-corrected chi connectivity index (χ2v) is 16.2. The van der Waals surface area contributed by atoms with Crippen LogP contribution in [0.25, 0.3) is 22.3 Å². The maximum atomic E-state index is 16.3. The molecule has 4 aromatic heterocycles. The number of nitrogens with zero attached hydrogens (tertiary/aromatic N) is 6. The minimum atomic E-state index is -5.27. The number of nitrogens with two attached hydrogens (primary N) is 2. The molecule has 2 bridgehead atoms. The predicted octanol–water partition coefficient (Wildman–Crippen LogP) is -0.500. The Morgan fingerprint density at radius 2 is 1.50 bits per heavy atom. The monoisotopic (exact) mass is 806 g/mol. The van der Waals surface area contributed by atoms with E-state index in [4.69, 9.17) is 48.3 Å². The molecule has 0 aliphatic carbocycles. The number of nitrogens with one attached hydrogen (secondary N) is 2. The molecule has 3 saturated heterocycles. The fourth-order valence-electron chi connectivity index (χ4n) is 5.75. The number of hydrogen-bond acceptors (Lipinski definition) is 20. The van der Waals surface area contributed by atoms with Crippen LogP contribution in [0, 0.1) is 5.41 Å². The van der Waals surface area contributed by atoms with Gasteiger partial charge in [-0.05, 0) is 20.8 Å². The van der Waals surface area contributed by atoms with Crippen LogP contribution in [0.15, 0.2) is 22.2 Å². The third-order valence-corrected chi connectivity index (χ3v) is 10.7. The summed E-state index contributed by atoms with van der Waals surface area (Å²) in [5, 5.41) is 11.4. The molecule has 0 spiro atoms. The number of fused-ring (bicyclic) bond motifs is 5. The largest absolute Gasteiger partial charge is 0.478 e. The van der Waals surface area contributed by atoms with Crippen LogP contribution in [0.1, 0.15) is 33.2 Å². The number of carbonyl (C=O) groups is 1. The van der Waals surface area contributed by atoms with Crippen LogP contribution >= 0.6 is 15.6 Å². The summed E-state index contributed by atoms with van der Waals surface area (Å²) in [6.07, 6.45) is -12.6. The Morgan fingerprint density at radius 3 is 2.09 bits per heavy atom. The summed E-state index contributed by atoms with van der Waals surface area (Å²) in [5.41, 5.74) is 8.00. The number of nitrogen functional groups attached to an aromatic ring is 2. The third-order valence-electron chi connectivity index (χ3n) is 8.35. The number of aliphatic hydroxyl groups excluding tert-OH is 1. The van der Waals surface area contributed by atoms with E-state index in [1.165, 1.54) is 20.8 Å². The Balaban J connectivity index is 1.25. The molecule has 7 heterocycles. The molecule has 25 nitrogen and oxygen atoms in total. The Bertz CT molecular complexity index is 2310. The second-order valence-electron chi connectivity index (χ2n) is 13.2. The van der Waals surface area contributed by atoms with Gasteiger partial charge in [0.15, 0.2) is 41.0 Å². The Morgan fingerprint density at radius 1 is 0.944 bits per heavy atom. The van der Waals surface area contributed by atoms with E-state index in [9.17, 15) is 33.5 Å². The molecular formula is C26H33FN10O15P2. The van der Waals surface area contributed by atoms with E-state index < -0.39 is 107 Å². The van der Waals surface area contributed by atoms with E-state index in [2.05, 4.69) is 29.9 Å². The number of halogens is 1. The SMILES string of the molecule is CC(C)(C)C(=O)OCOP1(=O)OC[C@H]2O[C@@H](n3cnc4c(=O)[nH]c(N)nc43)[C@@H](F)C2OP(=O)(O)OC[C@H]2O[C@@H](n3cnc4c(=O)[nH]c(N)nc43)[C@@H](O1)C2O. The smallest absolute Gasteiger partial charge is 0.437 e. The van der Waals surface area contributed by atoms with Crippen molar-refractivity contribution in [1.29, 1.82) is 0 Å². The van der Waals surface area contributed by atoms with Gasteiger partial charge in [-0.3, -0.25) is 51.6 Å². The molecule has 0 aromatic carbocycles. The van der Waals surface area contributed by atoms with Gasteiger partial charge >= 0.3 is 21.6 Å². The summed E-state index contributed by atoms with van der Waals surface area (Å²) in [6.45, 7) is 1.69. The predicted molar refractivity (Wildman–Crippen MR) is 174 cm³/mol. The van der Waals surface area contributed by atoms with Crippen LogP contribution in [0.2, 0.25) is 0 Å². The summed E-state index contributed by atoms with van der Waals surface area (Å²) in [4.78, 5) is 68.5. The van der Waals surface area contributed by atoms with Crippen molar-refractivity contribution >= 4 is 55.8 Å². The minimum absolute atomic E-state index is 0.177. The van der Waals surface area contributed by atoms with Crippen LogP contribution in [-0.4, -0.2) is 112 Å². The number of rotatable bonds is 5. The lowest BCUT2D eigenvalue weighted by Gasteiger charge is -2.27. The van der Waals surface area contributed by atoms with Gasteiger partial charge in [0.05, 0.1) is 31.3 Å². The van der Waals surface area contributed by atoms with Crippen molar-refractivity contribution in [3.63, 3.8) is 0 Å². The zero-order chi connectivity index (χ0) is 38.9. The van der Waals surface area contributed by atoms with Crippen LogP contribution in [0.3, 0.4) is 0 Å². The molecule has 8 N–H and O–H groups in total. The van der Waals surface area contributed by atoms with Gasteiger partial charge in [-0.15, -0.1) is 0 Å². The van der Waals surface area contributed by atoms with Gasteiger partial charge in [0.1, 0.15) is 30.5 Å². The summed E-state index contributed by atoms with van der Waals surface area (Å²) in [6, 6.07) is 0. The molecule has 28 heteroatoms. The fraction of sp³-hybridized carbons (Fsp3) is 0.577. The number of ether oxygens (including phenoxy) is 3. The second kappa shape index (κ2) is 13.8. The third kappa shape index (κ3) is 7.17. The number of alkyl halides is 1. The van der Waals surface area contributed by atoms with Crippen molar-refractivity contribution in [2.24, 2.45) is 5.41 Å². The summed E-state index contributed by atoms with van der Waals surface area (Å²) < 4.78 is 89.9. The fourth-order valence-corrected chi connectivity index (χ4v) is 7.95. The molecular weight excluding hydrogens is 773 g/mol. The number of H-pyrrole nitrogens is 2. The highest BCUT2D eigenvalue weighted by Gasteiger charge is 2.55. The number of imidazole rings is 2. The van der Waals surface area contributed by atoms with Crippen LogP contribution in [0.4, 0.5) is 16.3 Å². The van der Waals surface area contributed by atoms with Gasteiger partial charge < -0.3 is 35.7 Å². The summed E-state index contributed by atoms with van der Waals surface area (Å²) in [7, 11) is -10.4. The quantitative estimate of drug-likeness (QED) is 0.0841. The van der Waals surface area contributed by atoms with Gasteiger partial charge in [0, 0.05) is 0 Å². The van der Waals surface area contributed by atoms with E-state index >= 15 is 4.39 Å². The zero-order valence-electron chi connectivity index (χ0n) is 28.2. The van der Waals surface area contributed by atoms with Gasteiger partial charge in [-0.1, -0.05) is 0 Å². The van der Waals surface area contributed by atoms with Gasteiger partial charge in [-0.25, -0.2) is 28.0 Å². The molecule has 54 heavy (non-hydrogen) atoms. The molecule has 4 aromatic rings. The number of anilines is 2. The number of aliphatic hydroxyl groups is 1. The van der Waals surface area contributed by atoms with Crippen molar-refractivity contribution in [2.45, 2.75) is 69.9 Å². The van der Waals surface area contributed by atoms with Crippen molar-refractivity contribution < 1.29 is 65.1 Å². The number of aromatic nitrogens is 8. The van der Waals surface area contributed by atoms with Crippen molar-refractivity contribution in [1.82, 2.24) is 39.0 Å². The van der Waals surface area contributed by atoms with Gasteiger partial charge in [0.2, 0.25) is 18.7 Å². The van der Waals surface area contributed by atoms with E-state index in [1.807, 2.05) is 0 Å². The molecule has 0 amide bonds. The number of carbonyl (C=O) groups excluding carboxylic acids is 1. The van der Waals surface area contributed by atoms with E-state index in [1.54, 1.807) is 0 Å². The topological polar surface area (TPSA) is 345 Å². The van der Waals surface area contributed by atoms with Gasteiger partial charge in [0.25, 0.3) is 11.1 Å².